The van der Waals surface area contributed by atoms with Gasteiger partial charge in [-0.3, -0.25) is 4.79 Å². The van der Waals surface area contributed by atoms with Gasteiger partial charge in [-0.25, -0.2) is 4.98 Å². The second-order valence-electron chi connectivity index (χ2n) is 8.41. The number of ether oxygens (including phenoxy) is 1. The highest BCUT2D eigenvalue weighted by atomic mass is 16.5. The minimum atomic E-state index is 0.0683. The zero-order valence-electron chi connectivity index (χ0n) is 18.8. The highest BCUT2D eigenvalue weighted by Gasteiger charge is 2.25. The largest absolute Gasteiger partial charge is 0.377 e. The van der Waals surface area contributed by atoms with Gasteiger partial charge in [0.05, 0.1) is 23.0 Å². The maximum atomic E-state index is 13.3. The molecule has 1 aliphatic rings. The number of nitrogens with one attached hydrogen (secondary N) is 1. The first kappa shape index (κ1) is 21.8. The van der Waals surface area contributed by atoms with Crippen LogP contribution < -0.4 is 0 Å². The molecule has 1 N–H and O–H groups in total. The van der Waals surface area contributed by atoms with Gasteiger partial charge in [0.1, 0.15) is 12.4 Å². The van der Waals surface area contributed by atoms with Crippen molar-refractivity contribution in [1.29, 1.82) is 5.26 Å². The Morgan fingerprint density at radius 1 is 1.19 bits per heavy atom. The highest BCUT2D eigenvalue weighted by Crippen LogP contribution is 2.30. The Labute approximate surface area is 188 Å². The molecule has 2 heterocycles. The number of aryl methyl sites for hydroxylation is 2. The first-order valence-corrected chi connectivity index (χ1v) is 10.9. The summed E-state index contributed by atoms with van der Waals surface area (Å²) >= 11 is 0. The van der Waals surface area contributed by atoms with Gasteiger partial charge in [-0.05, 0) is 68.0 Å². The van der Waals surface area contributed by atoms with Crippen molar-refractivity contribution in [3.8, 4) is 17.3 Å². The number of amides is 1. The lowest BCUT2D eigenvalue weighted by Crippen LogP contribution is -2.37. The minimum Gasteiger partial charge on any atom is -0.377 e. The van der Waals surface area contributed by atoms with Crippen LogP contribution in [0.4, 0.5) is 0 Å². The quantitative estimate of drug-likeness (QED) is 0.637. The summed E-state index contributed by atoms with van der Waals surface area (Å²) < 4.78 is 5.19. The number of benzene rings is 2. The van der Waals surface area contributed by atoms with Crippen molar-refractivity contribution in [1.82, 2.24) is 14.9 Å². The standard InChI is InChI=1S/C26H28N4O2/c1-17-4-7-22(14-23(17)25-18(2)28-24(29-25)16-32-3)26(31)30-12-10-21(11-13-30)20-8-5-19(15-27)6-9-20/h4-9,14,21H,10-13,16H2,1-3H3,(H,28,29). The molecular weight excluding hydrogens is 400 g/mol. The Kier molecular flexibility index (Phi) is 6.38. The van der Waals surface area contributed by atoms with Crippen LogP contribution in [-0.2, 0) is 11.3 Å². The molecule has 1 saturated heterocycles. The number of aromatic amines is 1. The number of carbonyl (C=O) groups is 1. The fourth-order valence-electron chi connectivity index (χ4n) is 4.44. The summed E-state index contributed by atoms with van der Waals surface area (Å²) in [5.74, 6) is 1.27. The third kappa shape index (κ3) is 4.44. The van der Waals surface area contributed by atoms with Gasteiger partial charge in [0.15, 0.2) is 0 Å². The fraction of sp³-hybridized carbons (Fsp3) is 0.346. The minimum absolute atomic E-state index is 0.0683. The number of nitrogens with zero attached hydrogens (tertiary/aromatic N) is 3. The predicted molar refractivity (Wildman–Crippen MR) is 123 cm³/mol. The topological polar surface area (TPSA) is 82.0 Å². The SMILES string of the molecule is COCc1nc(C)c(-c2cc(C(=O)N3CCC(c4ccc(C#N)cc4)CC3)ccc2C)[nH]1. The number of piperidine rings is 1. The van der Waals surface area contributed by atoms with Crippen LogP contribution in [0.1, 0.15) is 57.3 Å². The molecule has 6 nitrogen and oxygen atoms in total. The molecule has 0 bridgehead atoms. The normalized spacial score (nSPS) is 14.4. The van der Waals surface area contributed by atoms with E-state index in [4.69, 9.17) is 10.00 Å². The molecule has 4 rings (SSSR count). The van der Waals surface area contributed by atoms with Gasteiger partial charge in [-0.15, -0.1) is 0 Å². The van der Waals surface area contributed by atoms with E-state index in [2.05, 4.69) is 16.0 Å². The van der Waals surface area contributed by atoms with Crippen LogP contribution >= 0.6 is 0 Å². The summed E-state index contributed by atoms with van der Waals surface area (Å²) in [4.78, 5) is 23.1. The lowest BCUT2D eigenvalue weighted by molar-refractivity contribution is 0.0713. The molecular formula is C26H28N4O2. The third-order valence-corrected chi connectivity index (χ3v) is 6.26. The van der Waals surface area contributed by atoms with E-state index in [1.165, 1.54) is 5.56 Å². The molecule has 6 heteroatoms. The van der Waals surface area contributed by atoms with E-state index in [0.29, 0.717) is 23.7 Å². The highest BCUT2D eigenvalue weighted by molar-refractivity contribution is 5.95. The molecule has 3 aromatic rings. The second kappa shape index (κ2) is 9.37. The number of carbonyl (C=O) groups excluding carboxylic acids is 1. The van der Waals surface area contributed by atoms with E-state index < -0.39 is 0 Å². The number of likely N-dealkylation sites (tertiary alicyclic amines) is 1. The number of hydrogen-bond acceptors (Lipinski definition) is 4. The molecule has 0 unspecified atom stereocenters. The summed E-state index contributed by atoms with van der Waals surface area (Å²) in [6, 6.07) is 15.9. The van der Waals surface area contributed by atoms with Crippen molar-refractivity contribution < 1.29 is 9.53 Å². The summed E-state index contributed by atoms with van der Waals surface area (Å²) in [7, 11) is 1.65. The van der Waals surface area contributed by atoms with E-state index in [0.717, 1.165) is 54.3 Å². The molecule has 0 radical (unpaired) electrons. The Morgan fingerprint density at radius 3 is 2.56 bits per heavy atom. The number of hydrogen-bond donors (Lipinski definition) is 1. The molecule has 0 spiro atoms. The molecule has 164 valence electrons. The van der Waals surface area contributed by atoms with Crippen molar-refractivity contribution in [3.05, 3.63) is 76.2 Å². The molecule has 1 fully saturated rings. The van der Waals surface area contributed by atoms with E-state index in [9.17, 15) is 4.79 Å². The lowest BCUT2D eigenvalue weighted by atomic mass is 9.88. The zero-order chi connectivity index (χ0) is 22.7. The van der Waals surface area contributed by atoms with Crippen molar-refractivity contribution in [2.24, 2.45) is 0 Å². The second-order valence-corrected chi connectivity index (χ2v) is 8.41. The molecule has 1 aliphatic heterocycles. The van der Waals surface area contributed by atoms with E-state index in [1.54, 1.807) is 7.11 Å². The molecule has 1 aromatic heterocycles. The Hall–Kier alpha value is -3.43. The fourth-order valence-corrected chi connectivity index (χ4v) is 4.44. The first-order chi connectivity index (χ1) is 15.5. The van der Waals surface area contributed by atoms with Crippen molar-refractivity contribution >= 4 is 5.91 Å². The van der Waals surface area contributed by atoms with Gasteiger partial charge >= 0.3 is 0 Å². The van der Waals surface area contributed by atoms with Crippen molar-refractivity contribution in [3.63, 3.8) is 0 Å². The number of H-pyrrole nitrogens is 1. The molecule has 32 heavy (non-hydrogen) atoms. The monoisotopic (exact) mass is 428 g/mol. The summed E-state index contributed by atoms with van der Waals surface area (Å²) in [5, 5.41) is 8.99. The third-order valence-electron chi connectivity index (χ3n) is 6.26. The smallest absolute Gasteiger partial charge is 0.253 e. The van der Waals surface area contributed by atoms with Crippen LogP contribution in [0.5, 0.6) is 0 Å². The van der Waals surface area contributed by atoms with Gasteiger partial charge in [-0.2, -0.15) is 5.26 Å². The van der Waals surface area contributed by atoms with Crippen LogP contribution in [0.3, 0.4) is 0 Å². The van der Waals surface area contributed by atoms with E-state index in [-0.39, 0.29) is 5.91 Å². The number of rotatable bonds is 5. The number of methoxy groups -OCH3 is 1. The number of imidazole rings is 1. The van der Waals surface area contributed by atoms with Crippen LogP contribution in [0.25, 0.3) is 11.3 Å². The zero-order valence-corrected chi connectivity index (χ0v) is 18.8. The summed E-state index contributed by atoms with van der Waals surface area (Å²) in [6.07, 6.45) is 1.85. The predicted octanol–water partition coefficient (Wildman–Crippen LogP) is 4.73. The van der Waals surface area contributed by atoms with Gasteiger partial charge < -0.3 is 14.6 Å². The van der Waals surface area contributed by atoms with Crippen molar-refractivity contribution in [2.75, 3.05) is 20.2 Å². The lowest BCUT2D eigenvalue weighted by Gasteiger charge is -2.32. The molecule has 0 saturated carbocycles. The Bertz CT molecular complexity index is 1150. The molecule has 1 amide bonds. The average molecular weight is 429 g/mol. The number of nitriles is 1. The Morgan fingerprint density at radius 2 is 1.91 bits per heavy atom. The summed E-state index contributed by atoms with van der Waals surface area (Å²) in [6.45, 7) is 5.89. The van der Waals surface area contributed by atoms with Crippen LogP contribution in [0, 0.1) is 25.2 Å². The van der Waals surface area contributed by atoms with E-state index in [1.807, 2.05) is 61.2 Å². The van der Waals surface area contributed by atoms with Gasteiger partial charge in [0.25, 0.3) is 5.91 Å². The van der Waals surface area contributed by atoms with Gasteiger partial charge in [-0.1, -0.05) is 18.2 Å². The Balaban J connectivity index is 1.48. The van der Waals surface area contributed by atoms with E-state index >= 15 is 0 Å². The molecule has 0 atom stereocenters. The van der Waals surface area contributed by atoms with Crippen LogP contribution in [0.2, 0.25) is 0 Å². The van der Waals surface area contributed by atoms with Crippen LogP contribution in [-0.4, -0.2) is 41.0 Å². The maximum Gasteiger partial charge on any atom is 0.253 e. The average Bonchev–Trinajstić information content (AvgIpc) is 3.19. The van der Waals surface area contributed by atoms with Gasteiger partial charge in [0.2, 0.25) is 0 Å². The molecule has 0 aliphatic carbocycles. The maximum absolute atomic E-state index is 13.3. The van der Waals surface area contributed by atoms with Gasteiger partial charge in [0, 0.05) is 31.3 Å². The first-order valence-electron chi connectivity index (χ1n) is 10.9. The molecule has 2 aromatic carbocycles. The van der Waals surface area contributed by atoms with Crippen molar-refractivity contribution in [2.45, 2.75) is 39.2 Å². The summed E-state index contributed by atoms with van der Waals surface area (Å²) in [5.41, 5.74) is 6.54. The van der Waals surface area contributed by atoms with Crippen LogP contribution in [0.15, 0.2) is 42.5 Å². The number of aromatic nitrogens is 2.